The van der Waals surface area contributed by atoms with Crippen LogP contribution >= 0.6 is 11.6 Å². The van der Waals surface area contributed by atoms with Gasteiger partial charge in [0.15, 0.2) is 0 Å². The lowest BCUT2D eigenvalue weighted by Crippen LogP contribution is -2.13. The molecule has 1 amide bonds. The topological polar surface area (TPSA) is 63.2 Å². The summed E-state index contributed by atoms with van der Waals surface area (Å²) in [6, 6.07) is 8.49. The highest BCUT2D eigenvalue weighted by atomic mass is 35.5. The maximum atomic E-state index is 12.3. The van der Waals surface area contributed by atoms with Crippen molar-refractivity contribution >= 4 is 29.0 Å². The van der Waals surface area contributed by atoms with Crippen molar-refractivity contribution in [1.82, 2.24) is 4.98 Å². The predicted molar refractivity (Wildman–Crippen MR) is 84.5 cm³/mol. The number of anilines is 2. The number of methoxy groups -OCH3 is 1. The lowest BCUT2D eigenvalue weighted by atomic mass is 10.2. The van der Waals surface area contributed by atoms with Crippen LogP contribution in [0.15, 0.2) is 30.3 Å². The Morgan fingerprint density at radius 2 is 2.05 bits per heavy atom. The molecule has 0 saturated carbocycles. The maximum Gasteiger partial charge on any atom is 0.255 e. The zero-order chi connectivity index (χ0) is 15.4. The van der Waals surface area contributed by atoms with E-state index < -0.39 is 0 Å². The smallest absolute Gasteiger partial charge is 0.255 e. The number of ether oxygens (including phenoxy) is 1. The molecule has 0 aliphatic rings. The fraction of sp³-hybridized carbons (Fsp3) is 0.200. The average Bonchev–Trinajstić information content (AvgIpc) is 2.46. The first-order chi connectivity index (χ1) is 10.0. The van der Waals surface area contributed by atoms with E-state index in [9.17, 15) is 4.79 Å². The van der Waals surface area contributed by atoms with Gasteiger partial charge in [-0.1, -0.05) is 11.6 Å². The number of pyridine rings is 1. The molecule has 1 heterocycles. The Morgan fingerprint density at radius 1 is 1.29 bits per heavy atom. The maximum absolute atomic E-state index is 12.3. The monoisotopic (exact) mass is 305 g/mol. The second-order valence-corrected chi connectivity index (χ2v) is 4.84. The Kier molecular flexibility index (Phi) is 4.65. The molecule has 1 aromatic heterocycles. The molecule has 21 heavy (non-hydrogen) atoms. The summed E-state index contributed by atoms with van der Waals surface area (Å²) in [6.07, 6.45) is 0. The largest absolute Gasteiger partial charge is 0.495 e. The Bertz CT molecular complexity index is 674. The normalized spacial score (nSPS) is 10.1. The molecule has 5 nitrogen and oxygen atoms in total. The molecule has 110 valence electrons. The van der Waals surface area contributed by atoms with Crippen molar-refractivity contribution in [1.29, 1.82) is 0 Å². The van der Waals surface area contributed by atoms with Crippen molar-refractivity contribution in [2.45, 2.75) is 6.92 Å². The highest BCUT2D eigenvalue weighted by Crippen LogP contribution is 2.27. The second kappa shape index (κ2) is 6.45. The van der Waals surface area contributed by atoms with E-state index in [1.54, 1.807) is 44.5 Å². The lowest BCUT2D eigenvalue weighted by Gasteiger charge is -2.09. The van der Waals surface area contributed by atoms with E-state index in [2.05, 4.69) is 15.6 Å². The van der Waals surface area contributed by atoms with Crippen molar-refractivity contribution < 1.29 is 9.53 Å². The van der Waals surface area contributed by atoms with Gasteiger partial charge in [-0.05, 0) is 37.3 Å². The molecule has 6 heteroatoms. The van der Waals surface area contributed by atoms with Crippen LogP contribution in [-0.2, 0) is 0 Å². The molecule has 0 aliphatic carbocycles. The molecule has 2 N–H and O–H groups in total. The summed E-state index contributed by atoms with van der Waals surface area (Å²) in [7, 11) is 3.30. The minimum atomic E-state index is -0.224. The summed E-state index contributed by atoms with van der Waals surface area (Å²) in [5.74, 6) is 0.984. The summed E-state index contributed by atoms with van der Waals surface area (Å²) in [4.78, 5) is 16.5. The number of halogens is 1. The van der Waals surface area contributed by atoms with E-state index in [0.29, 0.717) is 27.8 Å². The number of benzene rings is 1. The third-order valence-electron chi connectivity index (χ3n) is 2.88. The molecular formula is C15H16ClN3O2. The van der Waals surface area contributed by atoms with Crippen LogP contribution in [0.4, 0.5) is 11.5 Å². The molecule has 0 saturated heterocycles. The zero-order valence-corrected chi connectivity index (χ0v) is 12.8. The van der Waals surface area contributed by atoms with Gasteiger partial charge in [0.2, 0.25) is 0 Å². The van der Waals surface area contributed by atoms with E-state index in [-0.39, 0.29) is 5.91 Å². The highest BCUT2D eigenvalue weighted by molar-refractivity contribution is 6.32. The molecule has 0 aliphatic heterocycles. The van der Waals surface area contributed by atoms with Crippen molar-refractivity contribution in [2.24, 2.45) is 0 Å². The van der Waals surface area contributed by atoms with Crippen LogP contribution in [0.1, 0.15) is 16.1 Å². The van der Waals surface area contributed by atoms with Gasteiger partial charge in [-0.2, -0.15) is 0 Å². The third-order valence-corrected chi connectivity index (χ3v) is 3.18. The van der Waals surface area contributed by atoms with Gasteiger partial charge in [-0.3, -0.25) is 4.79 Å². The molecule has 2 aromatic rings. The van der Waals surface area contributed by atoms with Gasteiger partial charge in [-0.25, -0.2) is 4.98 Å². The SMILES string of the molecule is CNc1cc(C(=O)Nc2ccc(OC)c(Cl)c2)cc(C)n1. The minimum Gasteiger partial charge on any atom is -0.495 e. The van der Waals surface area contributed by atoms with Gasteiger partial charge in [0, 0.05) is 24.0 Å². The molecule has 0 atom stereocenters. The first-order valence-electron chi connectivity index (χ1n) is 6.35. The third kappa shape index (κ3) is 3.64. The molecule has 0 spiro atoms. The van der Waals surface area contributed by atoms with Crippen LogP contribution in [-0.4, -0.2) is 25.0 Å². The van der Waals surface area contributed by atoms with Crippen molar-refractivity contribution in [3.05, 3.63) is 46.6 Å². The summed E-state index contributed by atoms with van der Waals surface area (Å²) >= 11 is 6.04. The van der Waals surface area contributed by atoms with Gasteiger partial charge in [0.1, 0.15) is 11.6 Å². The van der Waals surface area contributed by atoms with Crippen molar-refractivity contribution in [3.63, 3.8) is 0 Å². The molecule has 0 bridgehead atoms. The number of rotatable bonds is 4. The number of amides is 1. The molecule has 2 rings (SSSR count). The van der Waals surface area contributed by atoms with Crippen molar-refractivity contribution in [2.75, 3.05) is 24.8 Å². The highest BCUT2D eigenvalue weighted by Gasteiger charge is 2.10. The number of aromatic nitrogens is 1. The zero-order valence-electron chi connectivity index (χ0n) is 12.0. The number of nitrogens with one attached hydrogen (secondary N) is 2. The summed E-state index contributed by atoms with van der Waals surface area (Å²) in [5, 5.41) is 6.16. The molecule has 1 aromatic carbocycles. The van der Waals surface area contributed by atoms with E-state index in [0.717, 1.165) is 5.69 Å². The first-order valence-corrected chi connectivity index (χ1v) is 6.72. The van der Waals surface area contributed by atoms with E-state index >= 15 is 0 Å². The Balaban J connectivity index is 2.21. The fourth-order valence-electron chi connectivity index (χ4n) is 1.88. The number of carbonyl (C=O) groups is 1. The molecule has 0 radical (unpaired) electrons. The fourth-order valence-corrected chi connectivity index (χ4v) is 2.13. The number of nitrogens with zero attached hydrogens (tertiary/aromatic N) is 1. The number of carbonyl (C=O) groups excluding carboxylic acids is 1. The van der Waals surface area contributed by atoms with Crippen molar-refractivity contribution in [3.8, 4) is 5.75 Å². The van der Waals surface area contributed by atoms with E-state index in [4.69, 9.17) is 16.3 Å². The molecular weight excluding hydrogens is 290 g/mol. The summed E-state index contributed by atoms with van der Waals surface area (Å²) < 4.78 is 5.07. The van der Waals surface area contributed by atoms with Crippen LogP contribution in [0.5, 0.6) is 5.75 Å². The molecule has 0 fully saturated rings. The van der Waals surface area contributed by atoms with E-state index in [1.165, 1.54) is 0 Å². The quantitative estimate of drug-likeness (QED) is 0.909. The van der Waals surface area contributed by atoms with Gasteiger partial charge >= 0.3 is 0 Å². The minimum absolute atomic E-state index is 0.224. The Morgan fingerprint density at radius 3 is 2.67 bits per heavy atom. The number of hydrogen-bond donors (Lipinski definition) is 2. The van der Waals surface area contributed by atoms with Crippen LogP contribution in [0.2, 0.25) is 5.02 Å². The number of hydrogen-bond acceptors (Lipinski definition) is 4. The average molecular weight is 306 g/mol. The predicted octanol–water partition coefficient (Wildman–Crippen LogP) is 3.35. The number of aryl methyl sites for hydroxylation is 1. The van der Waals surface area contributed by atoms with Crippen LogP contribution in [0, 0.1) is 6.92 Å². The van der Waals surface area contributed by atoms with Gasteiger partial charge < -0.3 is 15.4 Å². The van der Waals surface area contributed by atoms with Gasteiger partial charge in [-0.15, -0.1) is 0 Å². The first kappa shape index (κ1) is 15.1. The van der Waals surface area contributed by atoms with Gasteiger partial charge in [0.05, 0.1) is 12.1 Å². The molecule has 0 unspecified atom stereocenters. The van der Waals surface area contributed by atoms with E-state index in [1.807, 2.05) is 6.92 Å². The summed E-state index contributed by atoms with van der Waals surface area (Å²) in [6.45, 7) is 1.84. The second-order valence-electron chi connectivity index (χ2n) is 4.44. The summed E-state index contributed by atoms with van der Waals surface area (Å²) in [5.41, 5.74) is 1.89. The van der Waals surface area contributed by atoms with Crippen LogP contribution < -0.4 is 15.4 Å². The lowest BCUT2D eigenvalue weighted by molar-refractivity contribution is 0.102. The van der Waals surface area contributed by atoms with Crippen LogP contribution in [0.25, 0.3) is 0 Å². The van der Waals surface area contributed by atoms with Gasteiger partial charge in [0.25, 0.3) is 5.91 Å². The van der Waals surface area contributed by atoms with Crippen LogP contribution in [0.3, 0.4) is 0 Å². The standard InChI is InChI=1S/C15H16ClN3O2/c1-9-6-10(7-14(17-2)18-9)15(20)19-11-4-5-13(21-3)12(16)8-11/h4-8H,1-3H3,(H,17,18)(H,19,20). The Labute approximate surface area is 128 Å². The Hall–Kier alpha value is -2.27.